The van der Waals surface area contributed by atoms with E-state index >= 15 is 0 Å². The third-order valence-corrected chi connectivity index (χ3v) is 11.0. The van der Waals surface area contributed by atoms with Crippen LogP contribution in [-0.2, 0) is 28.4 Å². The lowest BCUT2D eigenvalue weighted by atomic mass is 10.1. The van der Waals surface area contributed by atoms with Crippen molar-refractivity contribution >= 4 is 43.2 Å². The van der Waals surface area contributed by atoms with Crippen LogP contribution in [0.25, 0.3) is 0 Å². The zero-order valence-electron chi connectivity index (χ0n) is 36.0. The molecule has 2 fully saturated rings. The van der Waals surface area contributed by atoms with Gasteiger partial charge in [0.2, 0.25) is 0 Å². The van der Waals surface area contributed by atoms with E-state index < -0.39 is 6.10 Å². The van der Waals surface area contributed by atoms with Crippen LogP contribution in [0.1, 0.15) is 46.7 Å². The molecule has 4 atom stereocenters. The summed E-state index contributed by atoms with van der Waals surface area (Å²) in [6.07, 6.45) is -0.694. The summed E-state index contributed by atoms with van der Waals surface area (Å²) in [6, 6.07) is 32.4. The summed E-state index contributed by atoms with van der Waals surface area (Å²) in [5.41, 5.74) is 6.70. The Hall–Kier alpha value is -2.96. The van der Waals surface area contributed by atoms with Crippen LogP contribution in [0.2, 0.25) is 0 Å². The molecule has 4 unspecified atom stereocenters. The zero-order chi connectivity index (χ0) is 43.5. The fourth-order valence-corrected chi connectivity index (χ4v) is 7.01. The van der Waals surface area contributed by atoms with Gasteiger partial charge < -0.3 is 59.1 Å². The highest BCUT2D eigenvalue weighted by Gasteiger charge is 2.15. The number of anilines is 2. The van der Waals surface area contributed by atoms with E-state index in [4.69, 9.17) is 33.5 Å². The van der Waals surface area contributed by atoms with Crippen molar-refractivity contribution in [2.75, 3.05) is 131 Å². The van der Waals surface area contributed by atoms with Gasteiger partial charge in [-0.3, -0.25) is 0 Å². The van der Waals surface area contributed by atoms with Crippen molar-refractivity contribution in [2.24, 2.45) is 0 Å². The highest BCUT2D eigenvalue weighted by Crippen LogP contribution is 2.23. The Labute approximate surface area is 374 Å². The minimum Gasteiger partial charge on any atom is -0.393 e. The second kappa shape index (κ2) is 30.1. The first-order valence-corrected chi connectivity index (χ1v) is 21.8. The Bertz CT molecular complexity index is 1630. The molecule has 2 saturated heterocycles. The van der Waals surface area contributed by atoms with Crippen LogP contribution in [0.3, 0.4) is 0 Å². The molecule has 12 nitrogen and oxygen atoms in total. The van der Waals surface area contributed by atoms with Crippen molar-refractivity contribution in [3.05, 3.63) is 128 Å². The topological polar surface area (TPSA) is 126 Å². The Morgan fingerprint density at radius 1 is 0.483 bits per heavy atom. The van der Waals surface area contributed by atoms with Gasteiger partial charge in [0, 0.05) is 115 Å². The molecule has 332 valence electrons. The molecule has 6 rings (SSSR count). The lowest BCUT2D eigenvalue weighted by Gasteiger charge is -2.29. The number of ether oxygens (including phenoxy) is 6. The van der Waals surface area contributed by atoms with Gasteiger partial charge in [0.25, 0.3) is 0 Å². The van der Waals surface area contributed by atoms with Crippen molar-refractivity contribution in [3.63, 3.8) is 0 Å². The molecule has 0 amide bonds. The van der Waals surface area contributed by atoms with Crippen LogP contribution in [0.4, 0.5) is 11.4 Å². The first-order chi connectivity index (χ1) is 29.2. The monoisotopic (exact) mass is 960 g/mol. The first-order valence-electron chi connectivity index (χ1n) is 20.2. The van der Waals surface area contributed by atoms with Gasteiger partial charge in [-0.15, -0.1) is 0 Å². The lowest BCUT2D eigenvalue weighted by Crippen LogP contribution is -2.43. The van der Waals surface area contributed by atoms with Gasteiger partial charge in [-0.2, -0.15) is 0 Å². The molecule has 0 aliphatic carbocycles. The van der Waals surface area contributed by atoms with Gasteiger partial charge >= 0.3 is 0 Å². The van der Waals surface area contributed by atoms with Crippen LogP contribution < -0.4 is 20.4 Å². The second-order valence-corrected chi connectivity index (χ2v) is 15.8. The number of hydrogen-bond acceptors (Lipinski definition) is 12. The summed E-state index contributed by atoms with van der Waals surface area (Å²) in [6.45, 7) is 9.95. The van der Waals surface area contributed by atoms with Gasteiger partial charge in [0.1, 0.15) is 24.4 Å². The molecule has 2 aliphatic rings. The first kappa shape index (κ1) is 51.4. The molecule has 0 spiro atoms. The van der Waals surface area contributed by atoms with Crippen LogP contribution in [0, 0.1) is 0 Å². The Balaban J connectivity index is 0.000000217. The predicted octanol–water partition coefficient (Wildman–Crippen LogP) is 7.12. The Morgan fingerprint density at radius 3 is 1.12 bits per heavy atom. The van der Waals surface area contributed by atoms with Crippen molar-refractivity contribution in [1.82, 2.24) is 10.6 Å². The molecule has 0 radical (unpaired) electrons. The number of benzene rings is 4. The summed E-state index contributed by atoms with van der Waals surface area (Å²) >= 11 is 6.72. The summed E-state index contributed by atoms with van der Waals surface area (Å²) in [7, 11) is 9.95. The standard InChI is InChI=1S/C14H22N2O2.C13H20N2O2.C10H13BrO2.C9H11BrO2/c1-17-11-14(18-2)12-3-5-13(6-4-12)16-9-7-15-8-10-16;1-17-10-13(16)11-2-4-12(5-3-11)15-8-6-14-7-9-15;1-12-7-10(13-2)8-3-5-9(11)6-4-8;1-12-9(6-11)7-2-4-8(10)5-3-7/h3-6,14-15H,7-11H2,1-2H3;2-5,13-14,16H,6-10H2,1H3;3-6,10H,7H2,1-2H3;2-5,9,11H,6H2,1H3. The van der Waals surface area contributed by atoms with Crippen molar-refractivity contribution in [2.45, 2.75) is 24.4 Å². The molecule has 60 heavy (non-hydrogen) atoms. The number of hydrogen-bond donors (Lipinski definition) is 4. The van der Waals surface area contributed by atoms with E-state index in [1.54, 1.807) is 42.7 Å². The second-order valence-electron chi connectivity index (χ2n) is 14.0. The van der Waals surface area contributed by atoms with Gasteiger partial charge in [-0.05, 0) is 70.8 Å². The van der Waals surface area contributed by atoms with Gasteiger partial charge in [-0.25, -0.2) is 0 Å². The summed E-state index contributed by atoms with van der Waals surface area (Å²) < 4.78 is 33.0. The number of methoxy groups -OCH3 is 6. The van der Waals surface area contributed by atoms with E-state index in [2.05, 4.69) is 88.7 Å². The third-order valence-electron chi connectivity index (χ3n) is 9.97. The van der Waals surface area contributed by atoms with Crippen LogP contribution in [0.5, 0.6) is 0 Å². The van der Waals surface area contributed by atoms with E-state index in [1.807, 2.05) is 60.7 Å². The van der Waals surface area contributed by atoms with Gasteiger partial charge in [0.05, 0.1) is 26.4 Å². The van der Waals surface area contributed by atoms with E-state index in [0.29, 0.717) is 19.8 Å². The van der Waals surface area contributed by atoms with Crippen molar-refractivity contribution in [1.29, 1.82) is 0 Å². The average Bonchev–Trinajstić information content (AvgIpc) is 3.30. The smallest absolute Gasteiger partial charge is 0.105 e. The van der Waals surface area contributed by atoms with Gasteiger partial charge in [-0.1, -0.05) is 80.4 Å². The average molecular weight is 963 g/mol. The quantitative estimate of drug-likeness (QED) is 0.0915. The van der Waals surface area contributed by atoms with Crippen molar-refractivity contribution < 1.29 is 38.6 Å². The number of piperazine rings is 2. The summed E-state index contributed by atoms with van der Waals surface area (Å²) in [5.74, 6) is 0. The minimum absolute atomic E-state index is 0.0120. The number of aliphatic hydroxyl groups is 2. The molecule has 14 heteroatoms. The normalized spacial score (nSPS) is 15.8. The zero-order valence-corrected chi connectivity index (χ0v) is 39.2. The van der Waals surface area contributed by atoms with Crippen LogP contribution in [0.15, 0.2) is 106 Å². The maximum absolute atomic E-state index is 9.77. The maximum atomic E-state index is 9.77. The number of nitrogens with zero attached hydrogens (tertiary/aromatic N) is 2. The van der Waals surface area contributed by atoms with E-state index in [1.165, 1.54) is 16.9 Å². The Kier molecular flexibility index (Phi) is 25.8. The molecule has 4 aromatic carbocycles. The highest BCUT2D eigenvalue weighted by atomic mass is 79.9. The number of rotatable bonds is 16. The highest BCUT2D eigenvalue weighted by molar-refractivity contribution is 9.10. The molecule has 4 N–H and O–H groups in total. The molecule has 4 aromatic rings. The van der Waals surface area contributed by atoms with Gasteiger partial charge in [0.15, 0.2) is 0 Å². The number of halogens is 2. The van der Waals surface area contributed by atoms with Crippen LogP contribution in [-0.4, -0.2) is 132 Å². The molecule has 2 aliphatic heterocycles. The molecular formula is C46H66Br2N4O8. The van der Waals surface area contributed by atoms with Crippen LogP contribution >= 0.6 is 31.9 Å². The van der Waals surface area contributed by atoms with E-state index in [9.17, 15) is 5.11 Å². The number of nitrogens with one attached hydrogen (secondary N) is 2. The SMILES string of the molecule is COC(CO)c1ccc(Br)cc1.COCC(O)c1ccc(N2CCNCC2)cc1.COCC(OC)c1ccc(Br)cc1.COCC(OC)c1ccc(N2CCNCC2)cc1. The minimum atomic E-state index is -0.530. The van der Waals surface area contributed by atoms with E-state index in [0.717, 1.165) is 78.0 Å². The van der Waals surface area contributed by atoms with E-state index in [-0.39, 0.29) is 24.9 Å². The molecular weight excluding hydrogens is 896 g/mol. The summed E-state index contributed by atoms with van der Waals surface area (Å²) in [4.78, 5) is 4.75. The molecule has 0 bridgehead atoms. The molecule has 0 aromatic heterocycles. The summed E-state index contributed by atoms with van der Waals surface area (Å²) in [5, 5.41) is 25.4. The third kappa shape index (κ3) is 18.2. The predicted molar refractivity (Wildman–Crippen MR) is 248 cm³/mol. The van der Waals surface area contributed by atoms with Crippen molar-refractivity contribution in [3.8, 4) is 0 Å². The largest absolute Gasteiger partial charge is 0.393 e. The fraction of sp³-hybridized carbons (Fsp3) is 0.478. The maximum Gasteiger partial charge on any atom is 0.105 e. The lowest BCUT2D eigenvalue weighted by molar-refractivity contribution is 0.0275. The fourth-order valence-electron chi connectivity index (χ4n) is 6.48. The Morgan fingerprint density at radius 2 is 0.800 bits per heavy atom. The number of aliphatic hydroxyl groups excluding tert-OH is 2. The molecule has 0 saturated carbocycles. The molecule has 2 heterocycles.